The Balaban J connectivity index is 2.00. The number of aromatic nitrogens is 2. The van der Waals surface area contributed by atoms with Crippen molar-refractivity contribution in [1.82, 2.24) is 15.2 Å². The minimum Gasteiger partial charge on any atom is -0.378 e. The second kappa shape index (κ2) is 5.62. The first kappa shape index (κ1) is 12.5. The van der Waals surface area contributed by atoms with Gasteiger partial charge >= 0.3 is 0 Å². The van der Waals surface area contributed by atoms with E-state index in [1.54, 1.807) is 0 Å². The highest BCUT2D eigenvalue weighted by Gasteiger charge is 2.33. The molecule has 1 aromatic rings. The highest BCUT2D eigenvalue weighted by atomic mass is 16.5. The third-order valence-corrected chi connectivity index (χ3v) is 3.59. The molecule has 0 spiro atoms. The zero-order chi connectivity index (χ0) is 12.3. The second-order valence-corrected chi connectivity index (χ2v) is 4.73. The second-order valence-electron chi connectivity index (χ2n) is 4.73. The van der Waals surface area contributed by atoms with Gasteiger partial charge < -0.3 is 4.74 Å². The molecule has 3 N–H and O–H groups in total. The first-order valence-corrected chi connectivity index (χ1v) is 6.30. The number of nitrogens with two attached hydrogens (primary N) is 1. The summed E-state index contributed by atoms with van der Waals surface area (Å²) in [7, 11) is 1.93. The van der Waals surface area contributed by atoms with E-state index < -0.39 is 0 Å². The predicted octanol–water partition coefficient (Wildman–Crippen LogP) is 0.610. The van der Waals surface area contributed by atoms with E-state index in [0.717, 1.165) is 31.6 Å². The lowest BCUT2D eigenvalue weighted by molar-refractivity contribution is 0.0773. The monoisotopic (exact) mass is 238 g/mol. The van der Waals surface area contributed by atoms with Gasteiger partial charge in [0.25, 0.3) is 0 Å². The summed E-state index contributed by atoms with van der Waals surface area (Å²) in [5.74, 6) is 6.18. The Bertz CT molecular complexity index is 352. The lowest BCUT2D eigenvalue weighted by Gasteiger charge is -2.25. The number of rotatable bonds is 5. The fourth-order valence-corrected chi connectivity index (χ4v) is 2.68. The molecule has 17 heavy (non-hydrogen) atoms. The van der Waals surface area contributed by atoms with E-state index >= 15 is 0 Å². The van der Waals surface area contributed by atoms with Crippen LogP contribution in [0.1, 0.15) is 25.5 Å². The minimum atomic E-state index is 0.248. The van der Waals surface area contributed by atoms with Crippen molar-refractivity contribution in [1.29, 1.82) is 0 Å². The largest absolute Gasteiger partial charge is 0.378 e. The van der Waals surface area contributed by atoms with Crippen molar-refractivity contribution in [3.05, 3.63) is 18.0 Å². The van der Waals surface area contributed by atoms with E-state index in [4.69, 9.17) is 10.6 Å². The van der Waals surface area contributed by atoms with Gasteiger partial charge in [0.2, 0.25) is 0 Å². The molecule has 0 bridgehead atoms. The molecule has 1 aliphatic heterocycles. The van der Waals surface area contributed by atoms with Crippen LogP contribution in [0, 0.1) is 5.92 Å². The lowest BCUT2D eigenvalue weighted by Crippen LogP contribution is -2.45. The summed E-state index contributed by atoms with van der Waals surface area (Å²) in [6, 6.07) is 2.29. The smallest absolute Gasteiger partial charge is 0.0640 e. The Hall–Kier alpha value is -0.910. The van der Waals surface area contributed by atoms with E-state index in [1.165, 1.54) is 0 Å². The Labute approximate surface area is 102 Å². The van der Waals surface area contributed by atoms with Crippen molar-refractivity contribution in [3.8, 4) is 0 Å². The van der Waals surface area contributed by atoms with Crippen LogP contribution in [0.3, 0.4) is 0 Å². The molecule has 3 unspecified atom stereocenters. The summed E-state index contributed by atoms with van der Waals surface area (Å²) in [6.45, 7) is 3.01. The predicted molar refractivity (Wildman–Crippen MR) is 66.2 cm³/mol. The quantitative estimate of drug-likeness (QED) is 0.583. The fourth-order valence-electron chi connectivity index (χ4n) is 2.68. The van der Waals surface area contributed by atoms with Crippen LogP contribution in [0.25, 0.3) is 0 Å². The molecule has 5 heteroatoms. The Morgan fingerprint density at radius 3 is 3.12 bits per heavy atom. The Morgan fingerprint density at radius 1 is 1.71 bits per heavy atom. The van der Waals surface area contributed by atoms with Crippen LogP contribution in [0.2, 0.25) is 0 Å². The van der Waals surface area contributed by atoms with E-state index in [2.05, 4.69) is 17.4 Å². The summed E-state index contributed by atoms with van der Waals surface area (Å²) >= 11 is 0. The van der Waals surface area contributed by atoms with Gasteiger partial charge in [0.05, 0.1) is 11.8 Å². The summed E-state index contributed by atoms with van der Waals surface area (Å²) < 4.78 is 7.54. The third-order valence-electron chi connectivity index (χ3n) is 3.59. The van der Waals surface area contributed by atoms with Gasteiger partial charge in [-0.05, 0) is 18.9 Å². The standard InChI is InChI=1S/C12H22N4O/c1-3-12-10(5-7-17-12)11(14-13)8-9-4-6-16(2)15-9/h4,6,10-12,14H,3,5,7-8,13H2,1-2H3. The summed E-state index contributed by atoms with van der Waals surface area (Å²) in [5.41, 5.74) is 4.02. The SMILES string of the molecule is CCC1OCCC1C(Cc1ccn(C)n1)NN. The first-order valence-electron chi connectivity index (χ1n) is 6.30. The van der Waals surface area contributed by atoms with Gasteiger partial charge in [-0.3, -0.25) is 16.0 Å². The molecular formula is C12H22N4O. The van der Waals surface area contributed by atoms with Crippen molar-refractivity contribution in [2.24, 2.45) is 18.8 Å². The van der Waals surface area contributed by atoms with E-state index in [1.807, 2.05) is 24.0 Å². The van der Waals surface area contributed by atoms with Crippen molar-refractivity contribution in [2.75, 3.05) is 6.61 Å². The minimum absolute atomic E-state index is 0.248. The van der Waals surface area contributed by atoms with Crippen LogP contribution in [0.5, 0.6) is 0 Å². The van der Waals surface area contributed by atoms with Crippen molar-refractivity contribution in [3.63, 3.8) is 0 Å². The van der Waals surface area contributed by atoms with Crippen LogP contribution in [0.15, 0.2) is 12.3 Å². The average Bonchev–Trinajstić information content (AvgIpc) is 2.94. The maximum Gasteiger partial charge on any atom is 0.0640 e. The molecule has 2 heterocycles. The zero-order valence-corrected chi connectivity index (χ0v) is 10.6. The maximum absolute atomic E-state index is 5.72. The third kappa shape index (κ3) is 2.86. The molecule has 1 fully saturated rings. The normalized spacial score (nSPS) is 26.3. The van der Waals surface area contributed by atoms with E-state index in [-0.39, 0.29) is 6.04 Å². The van der Waals surface area contributed by atoms with Gasteiger partial charge in [-0.2, -0.15) is 5.10 Å². The van der Waals surface area contributed by atoms with Crippen LogP contribution in [-0.4, -0.2) is 28.5 Å². The Morgan fingerprint density at radius 2 is 2.53 bits per heavy atom. The molecule has 5 nitrogen and oxygen atoms in total. The molecular weight excluding hydrogens is 216 g/mol. The molecule has 3 atom stereocenters. The number of ether oxygens (including phenoxy) is 1. The lowest BCUT2D eigenvalue weighted by atomic mass is 9.89. The molecule has 0 aliphatic carbocycles. The van der Waals surface area contributed by atoms with E-state index in [0.29, 0.717) is 12.0 Å². The average molecular weight is 238 g/mol. The molecule has 0 saturated carbocycles. The number of nitrogens with zero attached hydrogens (tertiary/aromatic N) is 2. The molecule has 96 valence electrons. The van der Waals surface area contributed by atoms with Crippen molar-refractivity contribution in [2.45, 2.75) is 38.3 Å². The Kier molecular flexibility index (Phi) is 4.15. The number of hydrazine groups is 1. The zero-order valence-electron chi connectivity index (χ0n) is 10.6. The molecule has 0 radical (unpaired) electrons. The number of nitrogens with one attached hydrogen (secondary N) is 1. The van der Waals surface area contributed by atoms with Crippen LogP contribution in [0.4, 0.5) is 0 Å². The summed E-state index contributed by atoms with van der Waals surface area (Å²) in [4.78, 5) is 0. The maximum atomic E-state index is 5.72. The first-order chi connectivity index (χ1) is 8.24. The molecule has 2 rings (SSSR count). The summed E-state index contributed by atoms with van der Waals surface area (Å²) in [6.07, 6.45) is 5.29. The number of hydrogen-bond donors (Lipinski definition) is 2. The van der Waals surface area contributed by atoms with Gasteiger partial charge in [-0.1, -0.05) is 6.92 Å². The molecule has 1 aromatic heterocycles. The van der Waals surface area contributed by atoms with Crippen molar-refractivity contribution < 1.29 is 4.74 Å². The molecule has 1 saturated heterocycles. The van der Waals surface area contributed by atoms with Crippen LogP contribution in [-0.2, 0) is 18.2 Å². The number of aryl methyl sites for hydroxylation is 1. The number of hydrogen-bond acceptors (Lipinski definition) is 4. The summed E-state index contributed by atoms with van der Waals surface area (Å²) in [5, 5.41) is 4.40. The van der Waals surface area contributed by atoms with Crippen LogP contribution < -0.4 is 11.3 Å². The van der Waals surface area contributed by atoms with Gasteiger partial charge in [0, 0.05) is 38.2 Å². The molecule has 0 aromatic carbocycles. The molecule has 1 aliphatic rings. The van der Waals surface area contributed by atoms with Gasteiger partial charge in [-0.25, -0.2) is 0 Å². The topological polar surface area (TPSA) is 65.1 Å². The van der Waals surface area contributed by atoms with Gasteiger partial charge in [0.15, 0.2) is 0 Å². The fraction of sp³-hybridized carbons (Fsp3) is 0.750. The van der Waals surface area contributed by atoms with Crippen LogP contribution >= 0.6 is 0 Å². The highest BCUT2D eigenvalue weighted by molar-refractivity contribution is 5.03. The van der Waals surface area contributed by atoms with Gasteiger partial charge in [0.1, 0.15) is 0 Å². The van der Waals surface area contributed by atoms with Gasteiger partial charge in [-0.15, -0.1) is 0 Å². The highest BCUT2D eigenvalue weighted by Crippen LogP contribution is 2.27. The molecule has 0 amide bonds. The van der Waals surface area contributed by atoms with Crippen molar-refractivity contribution >= 4 is 0 Å². The van der Waals surface area contributed by atoms with E-state index in [9.17, 15) is 0 Å².